The molecule has 0 radical (unpaired) electrons. The molecule has 1 saturated carbocycles. The first kappa shape index (κ1) is 13.0. The summed E-state index contributed by atoms with van der Waals surface area (Å²) >= 11 is 0. The van der Waals surface area contributed by atoms with Crippen LogP contribution in [0.3, 0.4) is 0 Å². The van der Waals surface area contributed by atoms with Gasteiger partial charge < -0.3 is 15.7 Å². The fourth-order valence-corrected chi connectivity index (χ4v) is 2.20. The van der Waals surface area contributed by atoms with Gasteiger partial charge in [-0.15, -0.1) is 0 Å². The number of carbonyl (C=O) groups excluding carboxylic acids is 1. The maximum Gasteiger partial charge on any atom is 0.323 e. The molecule has 92 valence electrons. The van der Waals surface area contributed by atoms with Crippen LogP contribution in [0.25, 0.3) is 0 Å². The van der Waals surface area contributed by atoms with Crippen molar-refractivity contribution < 1.29 is 14.7 Å². The van der Waals surface area contributed by atoms with E-state index in [4.69, 9.17) is 10.8 Å². The van der Waals surface area contributed by atoms with Crippen LogP contribution in [0.5, 0.6) is 0 Å². The first-order valence-corrected chi connectivity index (χ1v) is 5.79. The monoisotopic (exact) mass is 228 g/mol. The third-order valence-corrected chi connectivity index (χ3v) is 3.17. The number of nitrogens with two attached hydrogens (primary N) is 1. The number of rotatable bonds is 4. The molecule has 5 nitrogen and oxygen atoms in total. The maximum atomic E-state index is 12.1. The van der Waals surface area contributed by atoms with Gasteiger partial charge in [0.05, 0.1) is 5.54 Å². The second-order valence-corrected chi connectivity index (χ2v) is 4.43. The second kappa shape index (κ2) is 5.30. The van der Waals surface area contributed by atoms with E-state index in [-0.39, 0.29) is 12.5 Å². The van der Waals surface area contributed by atoms with Gasteiger partial charge in [0.25, 0.3) is 0 Å². The van der Waals surface area contributed by atoms with Crippen molar-refractivity contribution >= 4 is 11.9 Å². The highest BCUT2D eigenvalue weighted by Crippen LogP contribution is 2.27. The van der Waals surface area contributed by atoms with E-state index in [0.29, 0.717) is 19.4 Å². The zero-order chi connectivity index (χ0) is 12.2. The Labute approximate surface area is 95.6 Å². The first-order chi connectivity index (χ1) is 7.49. The topological polar surface area (TPSA) is 83.6 Å². The predicted molar refractivity (Wildman–Crippen MR) is 59.9 cm³/mol. The highest BCUT2D eigenvalue weighted by Gasteiger charge is 2.38. The fraction of sp³-hybridized carbons (Fsp3) is 0.818. The van der Waals surface area contributed by atoms with Gasteiger partial charge in [0.1, 0.15) is 6.54 Å². The van der Waals surface area contributed by atoms with Crippen molar-refractivity contribution in [3.8, 4) is 0 Å². The molecule has 1 aliphatic rings. The van der Waals surface area contributed by atoms with Crippen LogP contribution in [0, 0.1) is 0 Å². The quantitative estimate of drug-likeness (QED) is 0.737. The lowest BCUT2D eigenvalue weighted by Crippen LogP contribution is -2.57. The number of hydrogen-bond donors (Lipinski definition) is 2. The van der Waals surface area contributed by atoms with Gasteiger partial charge in [0, 0.05) is 6.54 Å². The smallest absolute Gasteiger partial charge is 0.323 e. The second-order valence-electron chi connectivity index (χ2n) is 4.43. The molecule has 0 spiro atoms. The molecule has 0 aromatic rings. The van der Waals surface area contributed by atoms with Crippen LogP contribution in [0.4, 0.5) is 0 Å². The Morgan fingerprint density at radius 1 is 1.31 bits per heavy atom. The summed E-state index contributed by atoms with van der Waals surface area (Å²) in [6.45, 7) is 1.91. The third kappa shape index (κ3) is 2.95. The molecule has 0 bridgehead atoms. The van der Waals surface area contributed by atoms with Crippen molar-refractivity contribution in [2.24, 2.45) is 5.73 Å². The lowest BCUT2D eigenvalue weighted by molar-refractivity contribution is -0.147. The average Bonchev–Trinajstić information content (AvgIpc) is 2.25. The number of carboxylic acids is 1. The number of nitrogens with zero attached hydrogens (tertiary/aromatic N) is 1. The zero-order valence-electron chi connectivity index (χ0n) is 9.74. The van der Waals surface area contributed by atoms with Gasteiger partial charge in [-0.05, 0) is 19.8 Å². The number of carboxylic acid groups (broad SMARTS) is 1. The molecule has 0 atom stereocenters. The van der Waals surface area contributed by atoms with Crippen LogP contribution in [-0.2, 0) is 9.59 Å². The minimum absolute atomic E-state index is 0.211. The molecule has 16 heavy (non-hydrogen) atoms. The summed E-state index contributed by atoms with van der Waals surface area (Å²) in [6, 6.07) is 0. The Kier molecular flexibility index (Phi) is 4.29. The van der Waals surface area contributed by atoms with E-state index < -0.39 is 11.5 Å². The van der Waals surface area contributed by atoms with E-state index in [1.807, 2.05) is 0 Å². The lowest BCUT2D eigenvalue weighted by atomic mass is 9.81. The Hall–Kier alpha value is -1.10. The van der Waals surface area contributed by atoms with E-state index >= 15 is 0 Å². The minimum Gasteiger partial charge on any atom is -0.480 e. The minimum atomic E-state index is -0.991. The molecule has 1 rings (SSSR count). The Morgan fingerprint density at radius 2 is 1.88 bits per heavy atom. The summed E-state index contributed by atoms with van der Waals surface area (Å²) in [4.78, 5) is 24.1. The fourth-order valence-electron chi connectivity index (χ4n) is 2.20. The predicted octanol–water partition coefficient (Wildman–Crippen LogP) is 0.581. The SMILES string of the molecule is CCN(CC(=O)O)C(=O)C1(N)CCCCC1. The van der Waals surface area contributed by atoms with Gasteiger partial charge >= 0.3 is 5.97 Å². The molecule has 0 unspecified atom stereocenters. The summed E-state index contributed by atoms with van der Waals surface area (Å²) in [7, 11) is 0. The normalized spacial score (nSPS) is 19.1. The third-order valence-electron chi connectivity index (χ3n) is 3.17. The van der Waals surface area contributed by atoms with Gasteiger partial charge in [-0.3, -0.25) is 9.59 Å². The van der Waals surface area contributed by atoms with Crippen molar-refractivity contribution in [2.45, 2.75) is 44.6 Å². The molecule has 1 aliphatic carbocycles. The van der Waals surface area contributed by atoms with Crippen LogP contribution in [0.15, 0.2) is 0 Å². The van der Waals surface area contributed by atoms with Crippen LogP contribution in [-0.4, -0.2) is 40.5 Å². The van der Waals surface area contributed by atoms with Crippen LogP contribution >= 0.6 is 0 Å². The lowest BCUT2D eigenvalue weighted by Gasteiger charge is -2.35. The van der Waals surface area contributed by atoms with Crippen molar-refractivity contribution in [2.75, 3.05) is 13.1 Å². The standard InChI is InChI=1S/C11H20N2O3/c1-2-13(8-9(14)15)10(16)11(12)6-4-3-5-7-11/h2-8,12H2,1H3,(H,14,15). The van der Waals surface area contributed by atoms with Crippen molar-refractivity contribution in [3.63, 3.8) is 0 Å². The van der Waals surface area contributed by atoms with Crippen molar-refractivity contribution in [1.29, 1.82) is 0 Å². The zero-order valence-corrected chi connectivity index (χ0v) is 9.74. The molecule has 5 heteroatoms. The maximum absolute atomic E-state index is 12.1. The Bertz CT molecular complexity index is 272. The van der Waals surface area contributed by atoms with Gasteiger partial charge in [0.2, 0.25) is 5.91 Å². The summed E-state index contributed by atoms with van der Waals surface area (Å²) in [5.74, 6) is -1.20. The number of hydrogen-bond acceptors (Lipinski definition) is 3. The molecule has 0 aromatic carbocycles. The van der Waals surface area contributed by atoms with Gasteiger partial charge in [-0.2, -0.15) is 0 Å². The molecule has 1 amide bonds. The Balaban J connectivity index is 2.68. The van der Waals surface area contributed by atoms with Gasteiger partial charge in [0.15, 0.2) is 0 Å². The largest absolute Gasteiger partial charge is 0.480 e. The van der Waals surface area contributed by atoms with E-state index in [1.54, 1.807) is 6.92 Å². The van der Waals surface area contributed by atoms with Gasteiger partial charge in [-0.25, -0.2) is 0 Å². The van der Waals surface area contributed by atoms with Crippen LogP contribution in [0.2, 0.25) is 0 Å². The number of carbonyl (C=O) groups is 2. The van der Waals surface area contributed by atoms with E-state index in [9.17, 15) is 9.59 Å². The van der Waals surface area contributed by atoms with Crippen LogP contribution in [0.1, 0.15) is 39.0 Å². The highest BCUT2D eigenvalue weighted by molar-refractivity contribution is 5.88. The summed E-state index contributed by atoms with van der Waals surface area (Å²) in [5.41, 5.74) is 5.24. The summed E-state index contributed by atoms with van der Waals surface area (Å²) in [5, 5.41) is 8.71. The molecule has 1 fully saturated rings. The molecule has 0 saturated heterocycles. The highest BCUT2D eigenvalue weighted by atomic mass is 16.4. The molecule has 0 aliphatic heterocycles. The van der Waals surface area contributed by atoms with Gasteiger partial charge in [-0.1, -0.05) is 19.3 Å². The number of likely N-dealkylation sites (N-methyl/N-ethyl adjacent to an activating group) is 1. The van der Waals surface area contributed by atoms with Crippen molar-refractivity contribution in [1.82, 2.24) is 4.90 Å². The van der Waals surface area contributed by atoms with Crippen LogP contribution < -0.4 is 5.73 Å². The van der Waals surface area contributed by atoms with E-state index in [1.165, 1.54) is 4.90 Å². The Morgan fingerprint density at radius 3 is 2.31 bits per heavy atom. The number of aliphatic carboxylic acids is 1. The first-order valence-electron chi connectivity index (χ1n) is 5.79. The molecule has 0 aromatic heterocycles. The average molecular weight is 228 g/mol. The number of amides is 1. The summed E-state index contributed by atoms with van der Waals surface area (Å²) < 4.78 is 0. The van der Waals surface area contributed by atoms with Crippen molar-refractivity contribution in [3.05, 3.63) is 0 Å². The van der Waals surface area contributed by atoms with E-state index in [0.717, 1.165) is 19.3 Å². The van der Waals surface area contributed by atoms with E-state index in [2.05, 4.69) is 0 Å². The molecule has 0 heterocycles. The summed E-state index contributed by atoms with van der Waals surface area (Å²) in [6.07, 6.45) is 4.35. The molecule has 3 N–H and O–H groups in total. The molecular weight excluding hydrogens is 208 g/mol. The molecular formula is C11H20N2O3.